The molecule has 0 saturated carbocycles. The summed E-state index contributed by atoms with van der Waals surface area (Å²) < 4.78 is 61.8. The Morgan fingerprint density at radius 3 is 2.44 bits per heavy atom. The van der Waals surface area contributed by atoms with Crippen molar-refractivity contribution >= 4 is 32.5 Å². The van der Waals surface area contributed by atoms with Crippen LogP contribution in [-0.4, -0.2) is 36.3 Å². The van der Waals surface area contributed by atoms with E-state index in [2.05, 4.69) is 9.97 Å². The average Bonchev–Trinajstić information content (AvgIpc) is 2.79. The van der Waals surface area contributed by atoms with Gasteiger partial charge >= 0.3 is 0 Å². The zero-order chi connectivity index (χ0) is 26.5. The van der Waals surface area contributed by atoms with Crippen molar-refractivity contribution in [3.05, 3.63) is 74.8 Å². The molecule has 0 unspecified atom stereocenters. The fraction of sp³-hybridized carbons (Fsp3) is 0.240. The second kappa shape index (κ2) is 9.25. The number of halogens is 3. The van der Waals surface area contributed by atoms with Crippen molar-refractivity contribution in [3.8, 4) is 22.7 Å². The highest BCUT2D eigenvalue weighted by atomic mass is 35.5. The van der Waals surface area contributed by atoms with Crippen LogP contribution in [-0.2, 0) is 9.84 Å². The van der Waals surface area contributed by atoms with Gasteiger partial charge in [0.2, 0.25) is 0 Å². The molecule has 0 aliphatic heterocycles. The predicted octanol–water partition coefficient (Wildman–Crippen LogP) is 5.22. The molecular weight excluding hydrogens is 512 g/mol. The van der Waals surface area contributed by atoms with Crippen LogP contribution in [0.3, 0.4) is 0 Å². The summed E-state index contributed by atoms with van der Waals surface area (Å²) in [4.78, 5) is 21.8. The van der Waals surface area contributed by atoms with Gasteiger partial charge in [-0.1, -0.05) is 31.5 Å². The molecule has 3 aromatic heterocycles. The molecular formula is C25H22ClF2N3O4S. The molecule has 7 nitrogen and oxygen atoms in total. The number of hydrogen-bond donors (Lipinski definition) is 0. The highest BCUT2D eigenvalue weighted by molar-refractivity contribution is 7.90. The number of sulfone groups is 1. The minimum absolute atomic E-state index is 0.0222. The predicted molar refractivity (Wildman–Crippen MR) is 134 cm³/mol. The summed E-state index contributed by atoms with van der Waals surface area (Å²) in [5.74, 6) is -1.93. The normalized spacial score (nSPS) is 11.9. The van der Waals surface area contributed by atoms with Gasteiger partial charge in [-0.2, -0.15) is 0 Å². The summed E-state index contributed by atoms with van der Waals surface area (Å²) in [6.07, 6.45) is 2.41. The zero-order valence-electron chi connectivity index (χ0n) is 20.1. The Morgan fingerprint density at radius 1 is 1.14 bits per heavy atom. The Bertz CT molecular complexity index is 1700. The van der Waals surface area contributed by atoms with Gasteiger partial charge in [0, 0.05) is 17.8 Å². The molecule has 11 heteroatoms. The number of nitrogens with zero attached hydrogens (tertiary/aromatic N) is 3. The van der Waals surface area contributed by atoms with Crippen LogP contribution < -0.4 is 10.3 Å². The highest BCUT2D eigenvalue weighted by Gasteiger charge is 2.29. The fourth-order valence-electron chi connectivity index (χ4n) is 4.12. The van der Waals surface area contributed by atoms with E-state index in [1.807, 2.05) is 13.8 Å². The number of aromatic nitrogens is 3. The maximum Gasteiger partial charge on any atom is 0.277 e. The summed E-state index contributed by atoms with van der Waals surface area (Å²) in [6, 6.07) is 6.56. The largest absolute Gasteiger partial charge is 0.496 e. The Morgan fingerprint density at radius 2 is 1.83 bits per heavy atom. The SMILES string of the molecule is COc1cccc(F)c1-c1nc2c(cc1F)c(Cl)c(S(C)(=O)=O)c(=O)n2-c1c(C)ccnc1C(C)C. The molecule has 36 heavy (non-hydrogen) atoms. The number of hydrogen-bond acceptors (Lipinski definition) is 6. The average molecular weight is 534 g/mol. The molecule has 1 aromatic carbocycles. The van der Waals surface area contributed by atoms with E-state index in [1.54, 1.807) is 19.2 Å². The minimum atomic E-state index is -4.14. The van der Waals surface area contributed by atoms with Gasteiger partial charge in [0.05, 0.1) is 29.1 Å². The Kier molecular flexibility index (Phi) is 6.61. The van der Waals surface area contributed by atoms with E-state index in [1.165, 1.54) is 19.2 Å². The van der Waals surface area contributed by atoms with Gasteiger partial charge in [0.15, 0.2) is 20.5 Å². The molecule has 4 rings (SSSR count). The molecule has 0 radical (unpaired) electrons. The lowest BCUT2D eigenvalue weighted by atomic mass is 10.0. The zero-order valence-corrected chi connectivity index (χ0v) is 21.6. The van der Waals surface area contributed by atoms with Crippen molar-refractivity contribution in [1.82, 2.24) is 14.5 Å². The number of ether oxygens (including phenoxy) is 1. The van der Waals surface area contributed by atoms with Crippen molar-refractivity contribution in [2.45, 2.75) is 31.6 Å². The van der Waals surface area contributed by atoms with Crippen LogP contribution in [0.5, 0.6) is 5.75 Å². The molecule has 0 fully saturated rings. The summed E-state index contributed by atoms with van der Waals surface area (Å²) in [7, 11) is -2.84. The first-order chi connectivity index (χ1) is 16.9. The Labute approximate surface area is 211 Å². The van der Waals surface area contributed by atoms with Crippen molar-refractivity contribution in [2.24, 2.45) is 0 Å². The van der Waals surface area contributed by atoms with Crippen LogP contribution in [0.15, 0.2) is 46.2 Å². The molecule has 0 bridgehead atoms. The van der Waals surface area contributed by atoms with Crippen LogP contribution in [0.4, 0.5) is 8.78 Å². The lowest BCUT2D eigenvalue weighted by Crippen LogP contribution is -2.28. The van der Waals surface area contributed by atoms with Gasteiger partial charge in [-0.25, -0.2) is 22.2 Å². The molecule has 0 amide bonds. The molecule has 3 heterocycles. The maximum absolute atomic E-state index is 15.4. The van der Waals surface area contributed by atoms with E-state index in [4.69, 9.17) is 16.3 Å². The quantitative estimate of drug-likeness (QED) is 0.349. The van der Waals surface area contributed by atoms with E-state index < -0.39 is 42.6 Å². The molecule has 0 atom stereocenters. The number of rotatable bonds is 5. The maximum atomic E-state index is 15.4. The minimum Gasteiger partial charge on any atom is -0.496 e. The van der Waals surface area contributed by atoms with Gasteiger partial charge in [-0.3, -0.25) is 14.3 Å². The highest BCUT2D eigenvalue weighted by Crippen LogP contribution is 2.37. The molecule has 0 saturated heterocycles. The first-order valence-corrected chi connectivity index (χ1v) is 13.1. The summed E-state index contributed by atoms with van der Waals surface area (Å²) in [5, 5.41) is -0.606. The van der Waals surface area contributed by atoms with E-state index in [0.717, 1.165) is 23.0 Å². The van der Waals surface area contributed by atoms with Crippen molar-refractivity contribution in [2.75, 3.05) is 13.4 Å². The van der Waals surface area contributed by atoms with Crippen LogP contribution >= 0.6 is 11.6 Å². The monoisotopic (exact) mass is 533 g/mol. The van der Waals surface area contributed by atoms with Gasteiger partial charge in [-0.15, -0.1) is 0 Å². The van der Waals surface area contributed by atoms with E-state index >= 15 is 4.39 Å². The smallest absolute Gasteiger partial charge is 0.277 e. The fourth-order valence-corrected chi connectivity index (χ4v) is 5.60. The summed E-state index contributed by atoms with van der Waals surface area (Å²) in [5.41, 5.74) is -0.452. The van der Waals surface area contributed by atoms with Crippen LogP contribution in [0, 0.1) is 18.6 Å². The molecule has 188 valence electrons. The van der Waals surface area contributed by atoms with Crippen molar-refractivity contribution < 1.29 is 21.9 Å². The second-order valence-corrected chi connectivity index (χ2v) is 10.9. The number of benzene rings is 1. The van der Waals surface area contributed by atoms with Gasteiger partial charge in [0.25, 0.3) is 5.56 Å². The third kappa shape index (κ3) is 4.14. The lowest BCUT2D eigenvalue weighted by molar-refractivity contribution is 0.413. The number of pyridine rings is 3. The second-order valence-electron chi connectivity index (χ2n) is 8.58. The molecule has 4 aromatic rings. The summed E-state index contributed by atoms with van der Waals surface area (Å²) in [6.45, 7) is 5.43. The number of fused-ring (bicyclic) bond motifs is 1. The van der Waals surface area contributed by atoms with E-state index in [0.29, 0.717) is 11.3 Å². The first kappa shape index (κ1) is 25.7. The van der Waals surface area contributed by atoms with Crippen molar-refractivity contribution in [1.29, 1.82) is 0 Å². The van der Waals surface area contributed by atoms with E-state index in [9.17, 15) is 17.6 Å². The Balaban J connectivity index is 2.30. The molecule has 0 aliphatic carbocycles. The van der Waals surface area contributed by atoms with Crippen LogP contribution in [0.25, 0.3) is 28.0 Å². The Hall–Kier alpha value is -3.37. The first-order valence-electron chi connectivity index (χ1n) is 10.8. The standard InChI is InChI=1S/C25H22ClF2N3O4S/c1-12(2)20-22(13(3)9-10-29-20)31-24-14(19(26)23(25(31)32)36(5,33)34)11-16(28)21(30-24)18-15(27)7-6-8-17(18)35-4/h6-12H,1-5H3. The molecule has 0 aliphatic rings. The third-order valence-electron chi connectivity index (χ3n) is 5.73. The third-order valence-corrected chi connectivity index (χ3v) is 7.35. The van der Waals surface area contributed by atoms with Gasteiger partial charge < -0.3 is 4.74 Å². The molecule has 0 N–H and O–H groups in total. The summed E-state index contributed by atoms with van der Waals surface area (Å²) >= 11 is 6.38. The number of aryl methyl sites for hydroxylation is 1. The van der Waals surface area contributed by atoms with Crippen molar-refractivity contribution in [3.63, 3.8) is 0 Å². The lowest BCUT2D eigenvalue weighted by Gasteiger charge is -2.20. The van der Waals surface area contributed by atoms with Gasteiger partial charge in [-0.05, 0) is 42.7 Å². The van der Waals surface area contributed by atoms with Crippen LogP contribution in [0.1, 0.15) is 31.0 Å². The number of methoxy groups -OCH3 is 1. The van der Waals surface area contributed by atoms with Gasteiger partial charge in [0.1, 0.15) is 22.9 Å². The topological polar surface area (TPSA) is 91.1 Å². The van der Waals surface area contributed by atoms with Crippen LogP contribution in [0.2, 0.25) is 5.02 Å². The van der Waals surface area contributed by atoms with E-state index in [-0.39, 0.29) is 34.0 Å². The molecule has 0 spiro atoms.